The molecule has 24 nitrogen and oxygen atoms in total. The fourth-order valence-electron chi connectivity index (χ4n) is 5.13. The molecule has 0 saturated carbocycles. The number of nitrogens with zero attached hydrogens (tertiary/aromatic N) is 1. The number of nitrogens with one attached hydrogen (secondary N) is 1. The van der Waals surface area contributed by atoms with Gasteiger partial charge in [-0.2, -0.15) is 0 Å². The predicted molar refractivity (Wildman–Crippen MR) is 211 cm³/mol. The molecule has 0 aliphatic rings. The molecule has 0 aliphatic carbocycles. The largest absolute Gasteiger partial charge is 0.444 e. The van der Waals surface area contributed by atoms with Crippen LogP contribution in [0.15, 0.2) is 0 Å². The summed E-state index contributed by atoms with van der Waals surface area (Å²) in [5, 5.41) is 144. The Labute approximate surface area is 356 Å². The van der Waals surface area contributed by atoms with Crippen LogP contribution in [0.25, 0.3) is 0 Å². The zero-order valence-electron chi connectivity index (χ0n) is 35.7. The number of carbonyl (C=O) groups is 1. The number of ether oxygens (including phenoxy) is 7. The van der Waals surface area contributed by atoms with E-state index in [4.69, 9.17) is 38.3 Å². The zero-order valence-corrected chi connectivity index (χ0v) is 35.7. The number of hydrogen-bond acceptors (Lipinski definition) is 23. The second-order valence-corrected chi connectivity index (χ2v) is 15.6. The van der Waals surface area contributed by atoms with Crippen LogP contribution in [0.5, 0.6) is 0 Å². The average Bonchev–Trinajstić information content (AvgIpc) is 3.18. The van der Waals surface area contributed by atoms with Gasteiger partial charge in [-0.3, -0.25) is 4.90 Å². The molecule has 0 aromatic carbocycles. The molecule has 1 amide bonds. The first-order chi connectivity index (χ1) is 28.6. The van der Waals surface area contributed by atoms with Gasteiger partial charge in [-0.1, -0.05) is 0 Å². The molecule has 0 aromatic heterocycles. The lowest BCUT2D eigenvalue weighted by Crippen LogP contribution is -2.53. The Morgan fingerprint density at radius 2 is 0.885 bits per heavy atom. The van der Waals surface area contributed by atoms with Crippen LogP contribution >= 0.6 is 0 Å². The highest BCUT2D eigenvalue weighted by molar-refractivity contribution is 5.67. The first-order valence-corrected chi connectivity index (χ1v) is 20.2. The van der Waals surface area contributed by atoms with Crippen LogP contribution < -0.4 is 5.32 Å². The van der Waals surface area contributed by atoms with Gasteiger partial charge in [0.15, 0.2) is 0 Å². The second kappa shape index (κ2) is 33.9. The summed E-state index contributed by atoms with van der Waals surface area (Å²) in [5.74, 6) is 0. The number of aliphatic hydroxyl groups is 14. The van der Waals surface area contributed by atoms with Gasteiger partial charge >= 0.3 is 6.09 Å². The van der Waals surface area contributed by atoms with Crippen molar-refractivity contribution in [2.24, 2.45) is 0 Å². The molecule has 0 fully saturated rings. The first-order valence-electron chi connectivity index (χ1n) is 20.2. The number of amides is 1. The fraction of sp³-hybridized carbons (Fsp3) is 0.973. The lowest BCUT2D eigenvalue weighted by Gasteiger charge is -2.34. The summed E-state index contributed by atoms with van der Waals surface area (Å²) in [6.07, 6.45) is -19.7. The normalized spacial score (nSPS) is 18.9. The third-order valence-electron chi connectivity index (χ3n) is 8.22. The lowest BCUT2D eigenvalue weighted by atomic mass is 10.0. The highest BCUT2D eigenvalue weighted by atomic mass is 16.6. The molecule has 6 unspecified atom stereocenters. The van der Waals surface area contributed by atoms with E-state index in [-0.39, 0.29) is 92.2 Å². The van der Waals surface area contributed by atoms with E-state index in [0.29, 0.717) is 6.61 Å². The highest BCUT2D eigenvalue weighted by Gasteiger charge is 2.33. The molecule has 0 heterocycles. The molecule has 366 valence electrons. The zero-order chi connectivity index (χ0) is 46.5. The van der Waals surface area contributed by atoms with Crippen molar-refractivity contribution in [1.29, 1.82) is 0 Å². The standard InChI is InChI=1S/C37H76N2O22/c1-5-55-7-6-29(47)33(51)30(48)10-39(11-31(49)34(52)35(53)32(50)12-40)9-24(42)14-57-16-26(44)18-59-20-28(46)22-60-21-27(45)19-58-17-25(43)15-56-13-23(41)8-38-36(54)61-37(2,3)4/h23-35,40-53H,5-22H2,1-4H3,(H,38,54)/t23?,24?,25?,26?,27?,28?,29-,30+,31+,32-,33+,34-,35-/m1/s1. The predicted octanol–water partition coefficient (Wildman–Crippen LogP) is -6.99. The van der Waals surface area contributed by atoms with Crippen molar-refractivity contribution >= 4 is 6.09 Å². The minimum atomic E-state index is -1.96. The summed E-state index contributed by atoms with van der Waals surface area (Å²) >= 11 is 0. The van der Waals surface area contributed by atoms with Gasteiger partial charge in [0.05, 0.1) is 103 Å². The van der Waals surface area contributed by atoms with Crippen molar-refractivity contribution in [3.05, 3.63) is 0 Å². The average molecular weight is 901 g/mol. The van der Waals surface area contributed by atoms with E-state index in [1.54, 1.807) is 27.7 Å². The first kappa shape index (κ1) is 59.4. The number of rotatable bonds is 38. The van der Waals surface area contributed by atoms with E-state index >= 15 is 0 Å². The second-order valence-electron chi connectivity index (χ2n) is 15.6. The summed E-state index contributed by atoms with van der Waals surface area (Å²) in [6.45, 7) is 2.50. The molecule has 13 atom stereocenters. The molecule has 0 bridgehead atoms. The molecule has 61 heavy (non-hydrogen) atoms. The van der Waals surface area contributed by atoms with Gasteiger partial charge in [-0.25, -0.2) is 4.79 Å². The third-order valence-corrected chi connectivity index (χ3v) is 8.22. The van der Waals surface area contributed by atoms with Crippen LogP contribution in [0.2, 0.25) is 0 Å². The van der Waals surface area contributed by atoms with Crippen LogP contribution in [0.1, 0.15) is 34.1 Å². The molecule has 0 radical (unpaired) electrons. The summed E-state index contributed by atoms with van der Waals surface area (Å²) in [5.41, 5.74) is -0.685. The maximum atomic E-state index is 11.6. The van der Waals surface area contributed by atoms with Crippen LogP contribution in [0, 0.1) is 0 Å². The Hall–Kier alpha value is -1.57. The lowest BCUT2D eigenvalue weighted by molar-refractivity contribution is -0.125. The maximum absolute atomic E-state index is 11.6. The molecule has 0 saturated heterocycles. The van der Waals surface area contributed by atoms with Crippen molar-refractivity contribution in [3.63, 3.8) is 0 Å². The summed E-state index contributed by atoms with van der Waals surface area (Å²) in [7, 11) is 0. The summed E-state index contributed by atoms with van der Waals surface area (Å²) in [4.78, 5) is 12.8. The molecule has 15 N–H and O–H groups in total. The maximum Gasteiger partial charge on any atom is 0.407 e. The Kier molecular flexibility index (Phi) is 33.0. The topological polar surface area (TPSA) is 380 Å². The fourth-order valence-corrected chi connectivity index (χ4v) is 5.13. The Bertz CT molecular complexity index is 1070. The van der Waals surface area contributed by atoms with Gasteiger partial charge in [0, 0.05) is 39.4 Å². The van der Waals surface area contributed by atoms with Gasteiger partial charge in [0.2, 0.25) is 0 Å². The number of aliphatic hydroxyl groups excluding tert-OH is 14. The Morgan fingerprint density at radius 3 is 1.28 bits per heavy atom. The van der Waals surface area contributed by atoms with Gasteiger partial charge in [-0.15, -0.1) is 0 Å². The molecular weight excluding hydrogens is 824 g/mol. The minimum absolute atomic E-state index is 0.00300. The monoisotopic (exact) mass is 900 g/mol. The minimum Gasteiger partial charge on any atom is -0.444 e. The molecule has 0 aliphatic heterocycles. The van der Waals surface area contributed by atoms with E-state index in [2.05, 4.69) is 5.32 Å². The van der Waals surface area contributed by atoms with Crippen LogP contribution in [0.3, 0.4) is 0 Å². The quantitative estimate of drug-likeness (QED) is 0.0256. The van der Waals surface area contributed by atoms with Gasteiger partial charge in [0.1, 0.15) is 54.4 Å². The van der Waals surface area contributed by atoms with Gasteiger partial charge < -0.3 is 110 Å². The Balaban J connectivity index is 4.49. The molecule has 0 spiro atoms. The van der Waals surface area contributed by atoms with Crippen LogP contribution in [-0.4, -0.2) is 280 Å². The third kappa shape index (κ3) is 31.0. The van der Waals surface area contributed by atoms with E-state index in [9.17, 15) is 71.2 Å². The van der Waals surface area contributed by atoms with Gasteiger partial charge in [-0.05, 0) is 34.1 Å². The summed E-state index contributed by atoms with van der Waals surface area (Å²) in [6, 6.07) is 0. The smallest absolute Gasteiger partial charge is 0.407 e. The van der Waals surface area contributed by atoms with E-state index in [1.807, 2.05) is 0 Å². The number of hydrogen-bond donors (Lipinski definition) is 15. The van der Waals surface area contributed by atoms with Crippen molar-refractivity contribution in [3.8, 4) is 0 Å². The van der Waals surface area contributed by atoms with E-state index in [1.165, 1.54) is 4.90 Å². The number of carbonyl (C=O) groups excluding carboxylic acids is 1. The van der Waals surface area contributed by atoms with E-state index < -0.39 is 111 Å². The van der Waals surface area contributed by atoms with Gasteiger partial charge in [0.25, 0.3) is 0 Å². The van der Waals surface area contributed by atoms with Crippen LogP contribution in [-0.2, 0) is 33.2 Å². The van der Waals surface area contributed by atoms with Crippen molar-refractivity contribution in [1.82, 2.24) is 10.2 Å². The molecule has 0 aromatic rings. The molecule has 24 heteroatoms. The number of alkyl carbamates (subject to hydrolysis) is 1. The Morgan fingerprint density at radius 1 is 0.508 bits per heavy atom. The van der Waals surface area contributed by atoms with Crippen molar-refractivity contribution in [2.45, 2.75) is 119 Å². The SMILES string of the molecule is CCOCC[C@@H](O)[C@H](O)[C@@H](O)CN(CC(O)COCC(O)COCC(O)COCC(O)COCC(O)COCC(O)CNC(=O)OC(C)(C)C)C[C@H](O)[C@@H](O)[C@H](O)[C@H](O)CO. The molecule has 0 rings (SSSR count). The molecular formula is C37H76N2O22. The van der Waals surface area contributed by atoms with Crippen molar-refractivity contribution < 1.29 is 109 Å². The van der Waals surface area contributed by atoms with E-state index in [0.717, 1.165) is 0 Å². The van der Waals surface area contributed by atoms with Crippen molar-refractivity contribution in [2.75, 3.05) is 112 Å². The highest BCUT2D eigenvalue weighted by Crippen LogP contribution is 2.12. The van der Waals surface area contributed by atoms with Crippen LogP contribution in [0.4, 0.5) is 4.79 Å². The summed E-state index contributed by atoms with van der Waals surface area (Å²) < 4.78 is 36.5.